The molecule has 2 aromatic carbocycles. The van der Waals surface area contributed by atoms with Crippen molar-refractivity contribution < 1.29 is 4.79 Å². The van der Waals surface area contributed by atoms with Crippen molar-refractivity contribution in [2.75, 3.05) is 11.1 Å². The maximum absolute atomic E-state index is 12.4. The largest absolute Gasteiger partial charge is 0.399 e. The van der Waals surface area contributed by atoms with Crippen LogP contribution in [0.2, 0.25) is 0 Å². The number of carbonyl (C=O) groups is 1. The molecule has 1 aliphatic rings. The molecular weight excluding hydrogens is 282 g/mol. The lowest BCUT2D eigenvalue weighted by molar-refractivity contribution is -0.115. The number of amides is 1. The van der Waals surface area contributed by atoms with Crippen molar-refractivity contribution in [2.24, 2.45) is 0 Å². The van der Waals surface area contributed by atoms with E-state index in [-0.39, 0.29) is 11.2 Å². The van der Waals surface area contributed by atoms with Crippen LogP contribution in [0.4, 0.5) is 11.4 Å². The van der Waals surface area contributed by atoms with Crippen LogP contribution < -0.4 is 11.1 Å². The summed E-state index contributed by atoms with van der Waals surface area (Å²) in [5, 5.41) is 11.8. The van der Waals surface area contributed by atoms with Crippen molar-refractivity contribution in [3.05, 3.63) is 53.6 Å². The van der Waals surface area contributed by atoms with E-state index in [1.165, 1.54) is 5.56 Å². The highest BCUT2D eigenvalue weighted by atomic mass is 32.2. The number of carbonyl (C=O) groups excluding carboxylic acids is 1. The second-order valence-electron chi connectivity index (χ2n) is 4.82. The van der Waals surface area contributed by atoms with Crippen LogP contribution in [0.25, 0.3) is 0 Å². The smallest absolute Gasteiger partial charge is 0.238 e. The average Bonchev–Trinajstić information content (AvgIpc) is 2.93. The number of nitrogens with one attached hydrogen (secondary N) is 1. The Hall–Kier alpha value is -2.45. The van der Waals surface area contributed by atoms with E-state index >= 15 is 0 Å². The van der Waals surface area contributed by atoms with E-state index in [4.69, 9.17) is 11.0 Å². The van der Waals surface area contributed by atoms with Crippen LogP contribution >= 0.6 is 11.8 Å². The van der Waals surface area contributed by atoms with Crippen molar-refractivity contribution in [1.82, 2.24) is 0 Å². The molecule has 21 heavy (non-hydrogen) atoms. The summed E-state index contributed by atoms with van der Waals surface area (Å²) in [5.74, 6) is -0.0857. The van der Waals surface area contributed by atoms with Crippen molar-refractivity contribution in [3.63, 3.8) is 0 Å². The summed E-state index contributed by atoms with van der Waals surface area (Å²) in [4.78, 5) is 13.5. The summed E-state index contributed by atoms with van der Waals surface area (Å²) in [6.45, 7) is 0. The number of nitrogens with two attached hydrogens (primary N) is 1. The van der Waals surface area contributed by atoms with Gasteiger partial charge in [0.15, 0.2) is 0 Å². The molecule has 2 aromatic rings. The van der Waals surface area contributed by atoms with E-state index in [9.17, 15) is 4.79 Å². The fourth-order valence-electron chi connectivity index (χ4n) is 2.30. The van der Waals surface area contributed by atoms with Crippen molar-refractivity contribution >= 4 is 29.0 Å². The Labute approximate surface area is 127 Å². The summed E-state index contributed by atoms with van der Waals surface area (Å²) < 4.78 is 0. The SMILES string of the molecule is N#Cc1cc(N)ccc1NC(=O)C1Cc2ccccc2S1. The van der Waals surface area contributed by atoms with Gasteiger partial charge in [-0.1, -0.05) is 18.2 Å². The molecular formula is C16H13N3OS. The molecule has 1 aliphatic heterocycles. The number of anilines is 2. The zero-order valence-corrected chi connectivity index (χ0v) is 12.0. The average molecular weight is 295 g/mol. The molecule has 4 nitrogen and oxygen atoms in total. The van der Waals surface area contributed by atoms with Crippen molar-refractivity contribution in [3.8, 4) is 6.07 Å². The highest BCUT2D eigenvalue weighted by Crippen LogP contribution is 2.37. The summed E-state index contributed by atoms with van der Waals surface area (Å²) in [5.41, 5.74) is 8.23. The molecule has 1 atom stereocenters. The lowest BCUT2D eigenvalue weighted by Gasteiger charge is -2.11. The molecule has 5 heteroatoms. The van der Waals surface area contributed by atoms with Gasteiger partial charge < -0.3 is 11.1 Å². The molecule has 1 heterocycles. The molecule has 0 bridgehead atoms. The maximum atomic E-state index is 12.4. The lowest BCUT2D eigenvalue weighted by atomic mass is 10.1. The molecule has 3 N–H and O–H groups in total. The number of nitrogen functional groups attached to an aromatic ring is 1. The molecule has 0 fully saturated rings. The zero-order valence-electron chi connectivity index (χ0n) is 11.2. The van der Waals surface area contributed by atoms with Crippen LogP contribution in [0.15, 0.2) is 47.4 Å². The Morgan fingerprint density at radius 1 is 1.33 bits per heavy atom. The number of rotatable bonds is 2. The fraction of sp³-hybridized carbons (Fsp3) is 0.125. The van der Waals surface area contributed by atoms with Gasteiger partial charge in [-0.05, 0) is 36.2 Å². The standard InChI is InChI=1S/C16H13N3OS/c17-9-11-7-12(18)5-6-13(11)19-16(20)15-8-10-3-1-2-4-14(10)21-15/h1-7,15H,8,18H2,(H,19,20). The molecule has 0 radical (unpaired) electrons. The van der Waals surface area contributed by atoms with Crippen LogP contribution in [0.5, 0.6) is 0 Å². The van der Waals surface area contributed by atoms with E-state index in [0.717, 1.165) is 4.90 Å². The van der Waals surface area contributed by atoms with E-state index in [0.29, 0.717) is 23.4 Å². The number of nitrogens with zero attached hydrogens (tertiary/aromatic N) is 1. The second-order valence-corrected chi connectivity index (χ2v) is 6.07. The van der Waals surface area contributed by atoms with Gasteiger partial charge in [-0.25, -0.2) is 0 Å². The monoisotopic (exact) mass is 295 g/mol. The zero-order chi connectivity index (χ0) is 14.8. The van der Waals surface area contributed by atoms with Crippen LogP contribution in [-0.4, -0.2) is 11.2 Å². The first-order chi connectivity index (χ1) is 10.2. The van der Waals surface area contributed by atoms with Gasteiger partial charge in [0.05, 0.1) is 16.5 Å². The van der Waals surface area contributed by atoms with Crippen molar-refractivity contribution in [2.45, 2.75) is 16.6 Å². The van der Waals surface area contributed by atoms with Crippen LogP contribution in [-0.2, 0) is 11.2 Å². The quantitative estimate of drug-likeness (QED) is 0.835. The predicted molar refractivity (Wildman–Crippen MR) is 84.0 cm³/mol. The van der Waals surface area contributed by atoms with E-state index in [1.807, 2.05) is 30.3 Å². The highest BCUT2D eigenvalue weighted by molar-refractivity contribution is 8.01. The van der Waals surface area contributed by atoms with Crippen LogP contribution in [0, 0.1) is 11.3 Å². The molecule has 0 saturated carbocycles. The topological polar surface area (TPSA) is 78.9 Å². The Balaban J connectivity index is 1.76. The van der Waals surface area contributed by atoms with Crippen LogP contribution in [0.3, 0.4) is 0 Å². The number of hydrogen-bond acceptors (Lipinski definition) is 4. The molecule has 1 amide bonds. The first-order valence-corrected chi connectivity index (χ1v) is 7.40. The third-order valence-electron chi connectivity index (χ3n) is 3.36. The summed E-state index contributed by atoms with van der Waals surface area (Å²) in [7, 11) is 0. The molecule has 0 spiro atoms. The third kappa shape index (κ3) is 2.71. The molecule has 3 rings (SSSR count). The summed E-state index contributed by atoms with van der Waals surface area (Å²) in [6.07, 6.45) is 0.712. The number of nitriles is 1. The molecule has 1 unspecified atom stereocenters. The van der Waals surface area contributed by atoms with Crippen molar-refractivity contribution in [1.29, 1.82) is 5.26 Å². The molecule has 0 aliphatic carbocycles. The van der Waals surface area contributed by atoms with E-state index in [2.05, 4.69) is 5.32 Å². The normalized spacial score (nSPS) is 16.0. The number of fused-ring (bicyclic) bond motifs is 1. The van der Waals surface area contributed by atoms with Crippen LogP contribution in [0.1, 0.15) is 11.1 Å². The van der Waals surface area contributed by atoms with Gasteiger partial charge in [0, 0.05) is 10.6 Å². The van der Waals surface area contributed by atoms with Gasteiger partial charge in [-0.15, -0.1) is 11.8 Å². The fourth-order valence-corrected chi connectivity index (χ4v) is 3.50. The molecule has 104 valence electrons. The van der Waals surface area contributed by atoms with Gasteiger partial charge in [0.25, 0.3) is 0 Å². The Bertz CT molecular complexity index is 726. The predicted octanol–water partition coefficient (Wildman–Crippen LogP) is 2.80. The second kappa shape index (κ2) is 5.51. The minimum absolute atomic E-state index is 0.0857. The van der Waals surface area contributed by atoms with E-state index in [1.54, 1.807) is 30.0 Å². The van der Waals surface area contributed by atoms with Gasteiger partial charge in [0.2, 0.25) is 5.91 Å². The van der Waals surface area contributed by atoms with E-state index < -0.39 is 0 Å². The third-order valence-corrected chi connectivity index (χ3v) is 4.68. The molecule has 0 saturated heterocycles. The Morgan fingerprint density at radius 3 is 2.90 bits per heavy atom. The number of benzene rings is 2. The minimum atomic E-state index is -0.161. The first-order valence-electron chi connectivity index (χ1n) is 6.52. The number of thioether (sulfide) groups is 1. The number of hydrogen-bond donors (Lipinski definition) is 2. The first kappa shape index (κ1) is 13.5. The van der Waals surface area contributed by atoms with Gasteiger partial charge >= 0.3 is 0 Å². The highest BCUT2D eigenvalue weighted by Gasteiger charge is 2.28. The summed E-state index contributed by atoms with van der Waals surface area (Å²) >= 11 is 1.56. The van der Waals surface area contributed by atoms with Gasteiger partial charge in [-0.3, -0.25) is 4.79 Å². The van der Waals surface area contributed by atoms with Gasteiger partial charge in [-0.2, -0.15) is 5.26 Å². The molecule has 0 aromatic heterocycles. The Morgan fingerprint density at radius 2 is 2.14 bits per heavy atom. The van der Waals surface area contributed by atoms with Gasteiger partial charge in [0.1, 0.15) is 6.07 Å². The lowest BCUT2D eigenvalue weighted by Crippen LogP contribution is -2.25. The summed E-state index contributed by atoms with van der Waals surface area (Å²) in [6, 6.07) is 15.0. The minimum Gasteiger partial charge on any atom is -0.399 e. The Kier molecular flexibility index (Phi) is 3.55. The maximum Gasteiger partial charge on any atom is 0.238 e.